The maximum absolute atomic E-state index is 13.7. The second-order valence-corrected chi connectivity index (χ2v) is 7.19. The Hall–Kier alpha value is -2.31. The number of amides is 1. The van der Waals surface area contributed by atoms with E-state index < -0.39 is 17.5 Å². The van der Waals surface area contributed by atoms with Crippen molar-refractivity contribution in [3.63, 3.8) is 0 Å². The van der Waals surface area contributed by atoms with Crippen molar-refractivity contribution in [2.75, 3.05) is 32.0 Å². The number of nitrogens with one attached hydrogen (secondary N) is 2. The van der Waals surface area contributed by atoms with Crippen LogP contribution in [0.2, 0.25) is 0 Å². The fourth-order valence-electron chi connectivity index (χ4n) is 3.49. The van der Waals surface area contributed by atoms with Gasteiger partial charge >= 0.3 is 0 Å². The lowest BCUT2D eigenvalue weighted by atomic mass is 9.99. The van der Waals surface area contributed by atoms with E-state index in [2.05, 4.69) is 22.6 Å². The topological polar surface area (TPSA) is 44.4 Å². The molecular weight excluding hydrogens is 348 g/mol. The highest BCUT2D eigenvalue weighted by Crippen LogP contribution is 2.17. The standard InChI is InChI=1S/C21H25F2N3O/c1-26(14-16-5-3-9-24-12-16)13-15-4-2-6-17(10-15)21(27)25-20-8-7-18(22)11-19(20)23/h2,4,6-8,10-11,16,24H,3,5,9,12-14H2,1H3,(H,25,27). The van der Waals surface area contributed by atoms with Crippen LogP contribution in [0.4, 0.5) is 14.5 Å². The average molecular weight is 373 g/mol. The molecule has 27 heavy (non-hydrogen) atoms. The van der Waals surface area contributed by atoms with Gasteiger partial charge in [0.2, 0.25) is 0 Å². The zero-order valence-corrected chi connectivity index (χ0v) is 15.5. The molecular formula is C21H25F2N3O. The molecule has 3 rings (SSSR count). The van der Waals surface area contributed by atoms with Crippen molar-refractivity contribution in [3.8, 4) is 0 Å². The third kappa shape index (κ3) is 5.58. The van der Waals surface area contributed by atoms with Crippen LogP contribution in [0.3, 0.4) is 0 Å². The van der Waals surface area contributed by atoms with Crippen LogP contribution in [0, 0.1) is 17.6 Å². The number of piperidine rings is 1. The molecule has 1 fully saturated rings. The maximum atomic E-state index is 13.7. The Kier molecular flexibility index (Phi) is 6.53. The summed E-state index contributed by atoms with van der Waals surface area (Å²) in [5.41, 5.74) is 1.44. The van der Waals surface area contributed by atoms with Gasteiger partial charge in [-0.25, -0.2) is 8.78 Å². The van der Waals surface area contributed by atoms with Crippen molar-refractivity contribution in [2.45, 2.75) is 19.4 Å². The fraction of sp³-hybridized carbons (Fsp3) is 0.381. The summed E-state index contributed by atoms with van der Waals surface area (Å²) in [6, 6.07) is 10.4. The van der Waals surface area contributed by atoms with Crippen molar-refractivity contribution in [1.29, 1.82) is 0 Å². The molecule has 6 heteroatoms. The highest BCUT2D eigenvalue weighted by Gasteiger charge is 2.16. The first-order valence-corrected chi connectivity index (χ1v) is 9.26. The van der Waals surface area contributed by atoms with E-state index in [9.17, 15) is 13.6 Å². The largest absolute Gasteiger partial charge is 0.319 e. The minimum absolute atomic E-state index is 0.0336. The van der Waals surface area contributed by atoms with Crippen LogP contribution < -0.4 is 10.6 Å². The van der Waals surface area contributed by atoms with Gasteiger partial charge in [0, 0.05) is 24.7 Å². The van der Waals surface area contributed by atoms with E-state index in [-0.39, 0.29) is 5.69 Å². The van der Waals surface area contributed by atoms with Gasteiger partial charge in [-0.1, -0.05) is 12.1 Å². The Morgan fingerprint density at radius 3 is 2.85 bits per heavy atom. The van der Waals surface area contributed by atoms with E-state index in [1.54, 1.807) is 6.07 Å². The number of rotatable bonds is 6. The van der Waals surface area contributed by atoms with Gasteiger partial charge in [0.25, 0.3) is 5.91 Å². The summed E-state index contributed by atoms with van der Waals surface area (Å²) >= 11 is 0. The van der Waals surface area contributed by atoms with Gasteiger partial charge in [-0.05, 0) is 68.7 Å². The Balaban J connectivity index is 1.61. The molecule has 2 aromatic rings. The molecule has 0 spiro atoms. The van der Waals surface area contributed by atoms with Crippen LogP contribution in [-0.4, -0.2) is 37.5 Å². The smallest absolute Gasteiger partial charge is 0.255 e. The molecule has 0 aromatic heterocycles. The van der Waals surface area contributed by atoms with Crippen molar-refractivity contribution in [3.05, 3.63) is 65.2 Å². The number of carbonyl (C=O) groups is 1. The minimum atomic E-state index is -0.791. The number of anilines is 1. The molecule has 0 saturated carbocycles. The van der Waals surface area contributed by atoms with Crippen LogP contribution in [0.25, 0.3) is 0 Å². The van der Waals surface area contributed by atoms with Crippen LogP contribution in [0.1, 0.15) is 28.8 Å². The first-order chi connectivity index (χ1) is 13.0. The van der Waals surface area contributed by atoms with Crippen molar-refractivity contribution in [1.82, 2.24) is 10.2 Å². The van der Waals surface area contributed by atoms with Crippen LogP contribution >= 0.6 is 0 Å². The highest BCUT2D eigenvalue weighted by molar-refractivity contribution is 6.04. The number of hydrogen-bond acceptors (Lipinski definition) is 3. The molecule has 1 aliphatic heterocycles. The van der Waals surface area contributed by atoms with Gasteiger partial charge in [0.05, 0.1) is 5.69 Å². The van der Waals surface area contributed by atoms with Crippen LogP contribution in [0.15, 0.2) is 42.5 Å². The first kappa shape index (κ1) is 19.5. The van der Waals surface area contributed by atoms with Crippen molar-refractivity contribution in [2.24, 2.45) is 5.92 Å². The summed E-state index contributed by atoms with van der Waals surface area (Å²) in [7, 11) is 2.08. The minimum Gasteiger partial charge on any atom is -0.319 e. The first-order valence-electron chi connectivity index (χ1n) is 9.26. The Morgan fingerprint density at radius 1 is 1.26 bits per heavy atom. The SMILES string of the molecule is CN(Cc1cccc(C(=O)Nc2ccc(F)cc2F)c1)CC1CCCNC1. The second kappa shape index (κ2) is 9.06. The molecule has 4 nitrogen and oxygen atoms in total. The van der Waals surface area contributed by atoms with E-state index in [1.165, 1.54) is 18.9 Å². The molecule has 2 N–H and O–H groups in total. The van der Waals surface area contributed by atoms with Crippen molar-refractivity contribution >= 4 is 11.6 Å². The van der Waals surface area contributed by atoms with E-state index in [0.29, 0.717) is 11.5 Å². The summed E-state index contributed by atoms with van der Waals surface area (Å²) in [6.07, 6.45) is 2.46. The lowest BCUT2D eigenvalue weighted by Gasteiger charge is -2.27. The molecule has 0 aliphatic carbocycles. The van der Waals surface area contributed by atoms with Gasteiger partial charge in [-0.15, -0.1) is 0 Å². The van der Waals surface area contributed by atoms with Gasteiger partial charge in [0.1, 0.15) is 11.6 Å². The summed E-state index contributed by atoms with van der Waals surface area (Å²) < 4.78 is 26.7. The molecule has 0 radical (unpaired) electrons. The molecule has 1 saturated heterocycles. The molecule has 1 unspecified atom stereocenters. The Labute approximate surface area is 158 Å². The Bertz CT molecular complexity index is 791. The van der Waals surface area contributed by atoms with E-state index in [4.69, 9.17) is 0 Å². The molecule has 144 valence electrons. The van der Waals surface area contributed by atoms with Gasteiger partial charge < -0.3 is 15.5 Å². The second-order valence-electron chi connectivity index (χ2n) is 7.19. The zero-order chi connectivity index (χ0) is 19.2. The van der Waals surface area contributed by atoms with Gasteiger partial charge in [0.15, 0.2) is 0 Å². The quantitative estimate of drug-likeness (QED) is 0.812. The number of carbonyl (C=O) groups excluding carboxylic acids is 1. The highest BCUT2D eigenvalue weighted by atomic mass is 19.1. The third-order valence-electron chi connectivity index (χ3n) is 4.79. The zero-order valence-electron chi connectivity index (χ0n) is 15.5. The van der Waals surface area contributed by atoms with Crippen molar-refractivity contribution < 1.29 is 13.6 Å². The predicted octanol–water partition coefficient (Wildman–Crippen LogP) is 3.65. The third-order valence-corrected chi connectivity index (χ3v) is 4.79. The summed E-state index contributed by atoms with van der Waals surface area (Å²) in [5, 5.41) is 5.92. The van der Waals surface area contributed by atoms with Crippen LogP contribution in [0.5, 0.6) is 0 Å². The van der Waals surface area contributed by atoms with E-state index in [1.807, 2.05) is 18.2 Å². The van der Waals surface area contributed by atoms with Gasteiger partial charge in [-0.2, -0.15) is 0 Å². The number of nitrogens with zero attached hydrogens (tertiary/aromatic N) is 1. The average Bonchev–Trinajstić information content (AvgIpc) is 2.65. The molecule has 1 heterocycles. The summed E-state index contributed by atoms with van der Waals surface area (Å²) in [6.45, 7) is 3.90. The molecule has 0 bridgehead atoms. The lowest BCUT2D eigenvalue weighted by Crippen LogP contribution is -2.36. The predicted molar refractivity (Wildman–Crippen MR) is 103 cm³/mol. The van der Waals surface area contributed by atoms with E-state index in [0.717, 1.165) is 43.9 Å². The maximum Gasteiger partial charge on any atom is 0.255 e. The molecule has 2 aromatic carbocycles. The van der Waals surface area contributed by atoms with E-state index >= 15 is 0 Å². The Morgan fingerprint density at radius 2 is 2.11 bits per heavy atom. The number of benzene rings is 2. The monoisotopic (exact) mass is 373 g/mol. The normalized spacial score (nSPS) is 17.1. The summed E-state index contributed by atoms with van der Waals surface area (Å²) in [5.74, 6) is -1.23. The number of hydrogen-bond donors (Lipinski definition) is 2. The molecule has 1 atom stereocenters. The van der Waals surface area contributed by atoms with Crippen LogP contribution in [-0.2, 0) is 6.54 Å². The molecule has 1 amide bonds. The molecule has 1 aliphatic rings. The summed E-state index contributed by atoms with van der Waals surface area (Å²) in [4.78, 5) is 14.7. The lowest BCUT2D eigenvalue weighted by molar-refractivity contribution is 0.102. The fourth-order valence-corrected chi connectivity index (χ4v) is 3.49. The number of halogens is 2. The van der Waals surface area contributed by atoms with Gasteiger partial charge in [-0.3, -0.25) is 4.79 Å².